The topological polar surface area (TPSA) is 56.0 Å². The van der Waals surface area contributed by atoms with Crippen LogP contribution in [-0.2, 0) is 0 Å². The van der Waals surface area contributed by atoms with E-state index in [0.717, 1.165) is 5.56 Å². The number of aromatic nitrogens is 1. The van der Waals surface area contributed by atoms with Crippen molar-refractivity contribution in [1.29, 1.82) is 0 Å². The van der Waals surface area contributed by atoms with Crippen LogP contribution in [0.1, 0.15) is 35.7 Å². The second-order valence-corrected chi connectivity index (χ2v) is 2.98. The van der Waals surface area contributed by atoms with Crippen molar-refractivity contribution in [2.45, 2.75) is 19.8 Å². The molecule has 0 saturated heterocycles. The fraction of sp³-hybridized carbons (Fsp3) is 0.333. The lowest BCUT2D eigenvalue weighted by Gasteiger charge is -2.08. The first-order chi connectivity index (χ1) is 5.63. The summed E-state index contributed by atoms with van der Waals surface area (Å²) in [4.78, 5) is 14.8. The van der Waals surface area contributed by atoms with Crippen LogP contribution in [0.2, 0.25) is 0 Å². The van der Waals surface area contributed by atoms with Gasteiger partial charge in [0.25, 0.3) is 5.91 Å². The highest BCUT2D eigenvalue weighted by atomic mass is 16.1. The Balaban J connectivity index is 3.17. The minimum Gasteiger partial charge on any atom is -0.366 e. The maximum Gasteiger partial charge on any atom is 0.250 e. The molecule has 0 aromatic carbocycles. The average Bonchev–Trinajstić information content (AvgIpc) is 2.04. The number of hydrogen-bond acceptors (Lipinski definition) is 2. The zero-order valence-corrected chi connectivity index (χ0v) is 7.24. The maximum absolute atomic E-state index is 10.9. The molecule has 2 N–H and O–H groups in total. The number of nitrogens with two attached hydrogens (primary N) is 1. The third-order valence-corrected chi connectivity index (χ3v) is 1.74. The molecule has 3 nitrogen and oxygen atoms in total. The Labute approximate surface area is 71.6 Å². The molecule has 0 spiro atoms. The van der Waals surface area contributed by atoms with Gasteiger partial charge in [-0.15, -0.1) is 0 Å². The Bertz CT molecular complexity index is 294. The molecular formula is C9H12N2O. The zero-order chi connectivity index (χ0) is 9.14. The van der Waals surface area contributed by atoms with E-state index in [9.17, 15) is 4.79 Å². The van der Waals surface area contributed by atoms with Gasteiger partial charge in [0.1, 0.15) is 0 Å². The van der Waals surface area contributed by atoms with E-state index in [-0.39, 0.29) is 0 Å². The predicted molar refractivity (Wildman–Crippen MR) is 46.8 cm³/mol. The van der Waals surface area contributed by atoms with E-state index in [2.05, 4.69) is 4.98 Å². The van der Waals surface area contributed by atoms with Gasteiger partial charge in [0.15, 0.2) is 0 Å². The largest absolute Gasteiger partial charge is 0.366 e. The number of rotatable bonds is 2. The Morgan fingerprint density at radius 2 is 2.25 bits per heavy atom. The molecule has 1 amide bonds. The van der Waals surface area contributed by atoms with E-state index >= 15 is 0 Å². The lowest BCUT2D eigenvalue weighted by molar-refractivity contribution is 0.0998. The molecule has 3 heteroatoms. The summed E-state index contributed by atoms with van der Waals surface area (Å²) in [6, 6.07) is 1.82. The summed E-state index contributed by atoms with van der Waals surface area (Å²) >= 11 is 0. The third-order valence-electron chi connectivity index (χ3n) is 1.74. The number of carbonyl (C=O) groups is 1. The van der Waals surface area contributed by atoms with Gasteiger partial charge in [-0.1, -0.05) is 13.8 Å². The van der Waals surface area contributed by atoms with Gasteiger partial charge in [-0.2, -0.15) is 0 Å². The fourth-order valence-corrected chi connectivity index (χ4v) is 1.11. The standard InChI is InChI=1S/C9H12N2O/c1-6(2)7-3-4-11-5-8(7)9(10)12/h3-6H,1-2H3,(H2,10,12). The lowest BCUT2D eigenvalue weighted by Crippen LogP contribution is -2.14. The van der Waals surface area contributed by atoms with Crippen LogP contribution in [0.4, 0.5) is 0 Å². The van der Waals surface area contributed by atoms with Crippen LogP contribution in [0.15, 0.2) is 18.5 Å². The molecule has 0 aliphatic heterocycles. The van der Waals surface area contributed by atoms with E-state index in [0.29, 0.717) is 11.5 Å². The Morgan fingerprint density at radius 3 is 2.67 bits per heavy atom. The van der Waals surface area contributed by atoms with Gasteiger partial charge in [0, 0.05) is 12.4 Å². The Kier molecular flexibility index (Phi) is 2.43. The summed E-state index contributed by atoms with van der Waals surface area (Å²) in [7, 11) is 0. The number of hydrogen-bond donors (Lipinski definition) is 1. The lowest BCUT2D eigenvalue weighted by atomic mass is 9.99. The van der Waals surface area contributed by atoms with Gasteiger partial charge in [-0.25, -0.2) is 0 Å². The molecule has 12 heavy (non-hydrogen) atoms. The highest BCUT2D eigenvalue weighted by Crippen LogP contribution is 2.17. The van der Waals surface area contributed by atoms with Crippen molar-refractivity contribution in [2.24, 2.45) is 5.73 Å². The second-order valence-electron chi connectivity index (χ2n) is 2.98. The van der Waals surface area contributed by atoms with Crippen LogP contribution in [0, 0.1) is 0 Å². The molecule has 1 heterocycles. The third kappa shape index (κ3) is 1.61. The summed E-state index contributed by atoms with van der Waals surface area (Å²) in [5.74, 6) is -0.109. The predicted octanol–water partition coefficient (Wildman–Crippen LogP) is 1.30. The molecule has 0 bridgehead atoms. The fourth-order valence-electron chi connectivity index (χ4n) is 1.11. The molecule has 1 rings (SSSR count). The van der Waals surface area contributed by atoms with Gasteiger partial charge in [0.2, 0.25) is 0 Å². The molecule has 0 unspecified atom stereocenters. The quantitative estimate of drug-likeness (QED) is 0.716. The molecule has 0 aliphatic rings. The number of carbonyl (C=O) groups excluding carboxylic acids is 1. The smallest absolute Gasteiger partial charge is 0.250 e. The van der Waals surface area contributed by atoms with Crippen molar-refractivity contribution in [3.05, 3.63) is 29.6 Å². The maximum atomic E-state index is 10.9. The molecule has 0 aliphatic carbocycles. The van der Waals surface area contributed by atoms with Crippen molar-refractivity contribution < 1.29 is 4.79 Å². The van der Waals surface area contributed by atoms with Crippen LogP contribution >= 0.6 is 0 Å². The molecule has 0 atom stereocenters. The van der Waals surface area contributed by atoms with Gasteiger partial charge in [-0.05, 0) is 17.5 Å². The average molecular weight is 164 g/mol. The van der Waals surface area contributed by atoms with Crippen molar-refractivity contribution >= 4 is 5.91 Å². The first-order valence-corrected chi connectivity index (χ1v) is 3.86. The van der Waals surface area contributed by atoms with Crippen molar-refractivity contribution in [1.82, 2.24) is 4.98 Å². The molecule has 0 fully saturated rings. The minimum absolute atomic E-state index is 0.301. The van der Waals surface area contributed by atoms with Crippen LogP contribution in [0.5, 0.6) is 0 Å². The second kappa shape index (κ2) is 3.34. The summed E-state index contributed by atoms with van der Waals surface area (Å²) in [6.45, 7) is 4.03. The minimum atomic E-state index is -0.410. The van der Waals surface area contributed by atoms with E-state index in [1.54, 1.807) is 6.20 Å². The van der Waals surface area contributed by atoms with Crippen molar-refractivity contribution in [2.75, 3.05) is 0 Å². The summed E-state index contributed by atoms with van der Waals surface area (Å²) in [6.07, 6.45) is 3.18. The van der Waals surface area contributed by atoms with E-state index in [1.807, 2.05) is 19.9 Å². The van der Waals surface area contributed by atoms with Crippen LogP contribution < -0.4 is 5.73 Å². The van der Waals surface area contributed by atoms with Gasteiger partial charge in [-0.3, -0.25) is 9.78 Å². The van der Waals surface area contributed by atoms with Gasteiger partial charge >= 0.3 is 0 Å². The van der Waals surface area contributed by atoms with E-state index in [1.165, 1.54) is 6.20 Å². The monoisotopic (exact) mass is 164 g/mol. The normalized spacial score (nSPS) is 10.2. The Morgan fingerprint density at radius 1 is 1.58 bits per heavy atom. The molecule has 1 aromatic heterocycles. The summed E-state index contributed by atoms with van der Waals surface area (Å²) in [5.41, 5.74) is 6.65. The van der Waals surface area contributed by atoms with Crippen LogP contribution in [0.25, 0.3) is 0 Å². The summed E-state index contributed by atoms with van der Waals surface area (Å²) < 4.78 is 0. The number of nitrogens with zero attached hydrogens (tertiary/aromatic N) is 1. The van der Waals surface area contributed by atoms with E-state index < -0.39 is 5.91 Å². The first-order valence-electron chi connectivity index (χ1n) is 3.86. The van der Waals surface area contributed by atoms with Gasteiger partial charge in [0.05, 0.1) is 5.56 Å². The summed E-state index contributed by atoms with van der Waals surface area (Å²) in [5, 5.41) is 0. The highest BCUT2D eigenvalue weighted by Gasteiger charge is 2.09. The van der Waals surface area contributed by atoms with Crippen molar-refractivity contribution in [3.8, 4) is 0 Å². The number of primary amides is 1. The van der Waals surface area contributed by atoms with E-state index in [4.69, 9.17) is 5.73 Å². The zero-order valence-electron chi connectivity index (χ0n) is 7.24. The molecule has 0 radical (unpaired) electrons. The number of amides is 1. The van der Waals surface area contributed by atoms with Crippen LogP contribution in [0.3, 0.4) is 0 Å². The Hall–Kier alpha value is -1.38. The number of pyridine rings is 1. The molecule has 64 valence electrons. The molecular weight excluding hydrogens is 152 g/mol. The van der Waals surface area contributed by atoms with Crippen LogP contribution in [-0.4, -0.2) is 10.9 Å². The molecule has 0 saturated carbocycles. The SMILES string of the molecule is CC(C)c1ccncc1C(N)=O. The van der Waals surface area contributed by atoms with Gasteiger partial charge < -0.3 is 5.73 Å². The van der Waals surface area contributed by atoms with Crippen molar-refractivity contribution in [3.63, 3.8) is 0 Å². The highest BCUT2D eigenvalue weighted by molar-refractivity contribution is 5.94. The first kappa shape index (κ1) is 8.71. The molecule has 1 aromatic rings.